The molecule has 1 amide bonds. The monoisotopic (exact) mass is 270 g/mol. The maximum absolute atomic E-state index is 11.6. The van der Waals surface area contributed by atoms with Crippen molar-refractivity contribution >= 4 is 17.3 Å². The zero-order chi connectivity index (χ0) is 14.4. The molecule has 4 N–H and O–H groups in total. The first-order chi connectivity index (χ1) is 9.70. The summed E-state index contributed by atoms with van der Waals surface area (Å²) in [7, 11) is 1.61. The van der Waals surface area contributed by atoms with Crippen LogP contribution in [0.5, 0.6) is 0 Å². The van der Waals surface area contributed by atoms with E-state index in [1.54, 1.807) is 37.6 Å². The largest absolute Gasteiger partial charge is 0.397 e. The van der Waals surface area contributed by atoms with E-state index in [2.05, 4.69) is 15.6 Å². The Morgan fingerprint density at radius 1 is 1.25 bits per heavy atom. The Morgan fingerprint density at radius 2 is 2.00 bits per heavy atom. The van der Waals surface area contributed by atoms with Crippen LogP contribution in [0.25, 0.3) is 0 Å². The van der Waals surface area contributed by atoms with Gasteiger partial charge in [0.1, 0.15) is 0 Å². The molecule has 5 heteroatoms. The highest BCUT2D eigenvalue weighted by molar-refractivity contribution is 5.96. The number of anilines is 2. The van der Waals surface area contributed by atoms with Gasteiger partial charge in [0.05, 0.1) is 11.4 Å². The molecule has 0 unspecified atom stereocenters. The fourth-order valence-electron chi connectivity index (χ4n) is 1.89. The van der Waals surface area contributed by atoms with Crippen LogP contribution in [-0.4, -0.2) is 24.5 Å². The minimum atomic E-state index is -0.123. The van der Waals surface area contributed by atoms with Gasteiger partial charge in [0, 0.05) is 31.5 Å². The molecule has 0 saturated heterocycles. The third kappa shape index (κ3) is 3.47. The summed E-state index contributed by atoms with van der Waals surface area (Å²) in [5.41, 5.74) is 9.11. The van der Waals surface area contributed by atoms with Gasteiger partial charge in [-0.25, -0.2) is 0 Å². The maximum Gasteiger partial charge on any atom is 0.251 e. The smallest absolute Gasteiger partial charge is 0.251 e. The molecule has 5 nitrogen and oxygen atoms in total. The molecule has 0 fully saturated rings. The predicted molar refractivity (Wildman–Crippen MR) is 80.7 cm³/mol. The van der Waals surface area contributed by atoms with Gasteiger partial charge in [-0.1, -0.05) is 0 Å². The highest BCUT2D eigenvalue weighted by Crippen LogP contribution is 2.20. The van der Waals surface area contributed by atoms with E-state index in [0.29, 0.717) is 11.3 Å². The van der Waals surface area contributed by atoms with Gasteiger partial charge in [-0.05, 0) is 42.3 Å². The quantitative estimate of drug-likeness (QED) is 0.722. The summed E-state index contributed by atoms with van der Waals surface area (Å²) < 4.78 is 0. The van der Waals surface area contributed by atoms with Crippen molar-refractivity contribution in [3.8, 4) is 0 Å². The van der Waals surface area contributed by atoms with E-state index < -0.39 is 0 Å². The van der Waals surface area contributed by atoms with E-state index >= 15 is 0 Å². The molecular weight excluding hydrogens is 252 g/mol. The molecule has 2 rings (SSSR count). The van der Waals surface area contributed by atoms with Crippen molar-refractivity contribution in [3.05, 3.63) is 53.9 Å². The molecule has 2 aromatic rings. The van der Waals surface area contributed by atoms with Crippen molar-refractivity contribution in [1.29, 1.82) is 0 Å². The molecule has 0 aliphatic carbocycles. The summed E-state index contributed by atoms with van der Waals surface area (Å²) in [6.07, 6.45) is 4.41. The van der Waals surface area contributed by atoms with Gasteiger partial charge < -0.3 is 16.4 Å². The van der Waals surface area contributed by atoms with E-state index in [0.717, 1.165) is 18.7 Å². The van der Waals surface area contributed by atoms with Crippen LogP contribution in [0.3, 0.4) is 0 Å². The number of nitrogens with two attached hydrogens (primary N) is 1. The summed E-state index contributed by atoms with van der Waals surface area (Å²) in [4.78, 5) is 15.6. The fourth-order valence-corrected chi connectivity index (χ4v) is 1.89. The highest BCUT2D eigenvalue weighted by Gasteiger charge is 2.06. The molecule has 0 aliphatic heterocycles. The molecular formula is C15H18N4O. The molecule has 0 aliphatic rings. The lowest BCUT2D eigenvalue weighted by atomic mass is 10.1. The first-order valence-corrected chi connectivity index (χ1v) is 6.45. The third-order valence-corrected chi connectivity index (χ3v) is 3.02. The second-order valence-corrected chi connectivity index (χ2v) is 4.41. The van der Waals surface area contributed by atoms with Crippen molar-refractivity contribution in [2.45, 2.75) is 6.42 Å². The Bertz CT molecular complexity index is 584. The summed E-state index contributed by atoms with van der Waals surface area (Å²) in [5, 5.41) is 5.85. The summed E-state index contributed by atoms with van der Waals surface area (Å²) >= 11 is 0. The minimum absolute atomic E-state index is 0.123. The van der Waals surface area contributed by atoms with E-state index in [1.165, 1.54) is 5.56 Å². The molecule has 1 aromatic carbocycles. The van der Waals surface area contributed by atoms with Crippen molar-refractivity contribution in [3.63, 3.8) is 0 Å². The zero-order valence-electron chi connectivity index (χ0n) is 11.4. The summed E-state index contributed by atoms with van der Waals surface area (Å²) in [6, 6.07) is 9.17. The number of nitrogens with zero attached hydrogens (tertiary/aromatic N) is 1. The van der Waals surface area contributed by atoms with Gasteiger partial charge in [-0.15, -0.1) is 0 Å². The molecule has 0 bridgehead atoms. The Morgan fingerprint density at radius 3 is 2.70 bits per heavy atom. The van der Waals surface area contributed by atoms with Crippen LogP contribution in [0.15, 0.2) is 42.7 Å². The van der Waals surface area contributed by atoms with Crippen LogP contribution in [0, 0.1) is 0 Å². The van der Waals surface area contributed by atoms with Crippen molar-refractivity contribution in [1.82, 2.24) is 10.3 Å². The summed E-state index contributed by atoms with van der Waals surface area (Å²) in [6.45, 7) is 0.741. The number of carbonyl (C=O) groups is 1. The van der Waals surface area contributed by atoms with E-state index in [9.17, 15) is 4.79 Å². The molecule has 0 atom stereocenters. The second kappa shape index (κ2) is 6.56. The van der Waals surface area contributed by atoms with Crippen molar-refractivity contribution in [2.24, 2.45) is 0 Å². The number of hydrogen-bond acceptors (Lipinski definition) is 4. The van der Waals surface area contributed by atoms with Gasteiger partial charge in [-0.3, -0.25) is 9.78 Å². The van der Waals surface area contributed by atoms with Gasteiger partial charge >= 0.3 is 0 Å². The minimum Gasteiger partial charge on any atom is -0.397 e. The fraction of sp³-hybridized carbons (Fsp3) is 0.200. The van der Waals surface area contributed by atoms with Crippen LogP contribution in [0.4, 0.5) is 11.4 Å². The number of nitrogens with one attached hydrogen (secondary N) is 2. The van der Waals surface area contributed by atoms with Crippen molar-refractivity contribution < 1.29 is 4.79 Å². The third-order valence-electron chi connectivity index (χ3n) is 3.02. The van der Waals surface area contributed by atoms with E-state index in [4.69, 9.17) is 5.73 Å². The number of aromatic nitrogens is 1. The summed E-state index contributed by atoms with van der Waals surface area (Å²) in [5.74, 6) is -0.123. The van der Waals surface area contributed by atoms with Crippen LogP contribution in [0.2, 0.25) is 0 Å². The molecule has 1 heterocycles. The van der Waals surface area contributed by atoms with Gasteiger partial charge in [0.2, 0.25) is 0 Å². The van der Waals surface area contributed by atoms with Gasteiger partial charge in [-0.2, -0.15) is 0 Å². The maximum atomic E-state index is 11.6. The first kappa shape index (κ1) is 13.9. The average Bonchev–Trinajstić information content (AvgIpc) is 2.49. The van der Waals surface area contributed by atoms with E-state index in [-0.39, 0.29) is 5.91 Å². The van der Waals surface area contributed by atoms with Gasteiger partial charge in [0.25, 0.3) is 5.91 Å². The Kier molecular flexibility index (Phi) is 4.55. The number of pyridine rings is 1. The number of nitrogen functional groups attached to an aromatic ring is 1. The standard InChI is InChI=1S/C15H18N4O/c1-17-15(20)12-2-3-13(16)14(10-12)19-9-6-11-4-7-18-8-5-11/h2-5,7-8,10,19H,6,9,16H2,1H3,(H,17,20). The second-order valence-electron chi connectivity index (χ2n) is 4.41. The van der Waals surface area contributed by atoms with Crippen molar-refractivity contribution in [2.75, 3.05) is 24.6 Å². The normalized spacial score (nSPS) is 10.1. The molecule has 0 spiro atoms. The molecule has 104 valence electrons. The molecule has 0 radical (unpaired) electrons. The first-order valence-electron chi connectivity index (χ1n) is 6.45. The topological polar surface area (TPSA) is 80.0 Å². The Labute approximate surface area is 118 Å². The highest BCUT2D eigenvalue weighted by atomic mass is 16.1. The van der Waals surface area contributed by atoms with Crippen LogP contribution in [-0.2, 0) is 6.42 Å². The zero-order valence-corrected chi connectivity index (χ0v) is 11.4. The van der Waals surface area contributed by atoms with Crippen LogP contribution >= 0.6 is 0 Å². The predicted octanol–water partition coefficient (Wildman–Crippen LogP) is 1.68. The Balaban J connectivity index is 2.00. The van der Waals surface area contributed by atoms with Crippen LogP contribution in [0.1, 0.15) is 15.9 Å². The van der Waals surface area contributed by atoms with Crippen LogP contribution < -0.4 is 16.4 Å². The molecule has 20 heavy (non-hydrogen) atoms. The number of carbonyl (C=O) groups excluding carboxylic acids is 1. The lowest BCUT2D eigenvalue weighted by Crippen LogP contribution is -2.18. The lowest BCUT2D eigenvalue weighted by molar-refractivity contribution is 0.0963. The number of hydrogen-bond donors (Lipinski definition) is 3. The number of benzene rings is 1. The van der Waals surface area contributed by atoms with E-state index in [1.807, 2.05) is 12.1 Å². The number of rotatable bonds is 5. The molecule has 0 saturated carbocycles. The average molecular weight is 270 g/mol. The van der Waals surface area contributed by atoms with Gasteiger partial charge in [0.15, 0.2) is 0 Å². The SMILES string of the molecule is CNC(=O)c1ccc(N)c(NCCc2ccncc2)c1. The Hall–Kier alpha value is -2.56. The number of amides is 1. The molecule has 1 aromatic heterocycles. The lowest BCUT2D eigenvalue weighted by Gasteiger charge is -2.11.